The molecule has 4 rings (SSSR count). The molecule has 0 spiro atoms. The monoisotopic (exact) mass is 400 g/mol. The summed E-state index contributed by atoms with van der Waals surface area (Å²) < 4.78 is 5.03. The molecule has 0 saturated carbocycles. The summed E-state index contributed by atoms with van der Waals surface area (Å²) in [6.07, 6.45) is 3.16. The minimum atomic E-state index is -0.0514. The summed E-state index contributed by atoms with van der Waals surface area (Å²) in [5.41, 5.74) is 2.09. The summed E-state index contributed by atoms with van der Waals surface area (Å²) in [4.78, 5) is 22.7. The lowest BCUT2D eigenvalue weighted by Gasteiger charge is -2.31. The van der Waals surface area contributed by atoms with Crippen LogP contribution in [0.1, 0.15) is 23.7 Å². The highest BCUT2D eigenvalue weighted by molar-refractivity contribution is 7.15. The maximum absolute atomic E-state index is 12.4. The Morgan fingerprint density at radius 3 is 3.14 bits per heavy atom. The molecule has 28 heavy (non-hydrogen) atoms. The van der Waals surface area contributed by atoms with Crippen LogP contribution in [0.2, 0.25) is 0 Å². The van der Waals surface area contributed by atoms with Crippen LogP contribution in [-0.2, 0) is 22.6 Å². The van der Waals surface area contributed by atoms with Crippen molar-refractivity contribution in [2.24, 2.45) is 5.92 Å². The third kappa shape index (κ3) is 4.73. The second kappa shape index (κ2) is 8.76. The maximum atomic E-state index is 12.4. The summed E-state index contributed by atoms with van der Waals surface area (Å²) in [5, 5.41) is 12.1. The molecule has 3 aromatic rings. The second-order valence-corrected chi connectivity index (χ2v) is 8.19. The van der Waals surface area contributed by atoms with E-state index >= 15 is 0 Å². The van der Waals surface area contributed by atoms with Crippen molar-refractivity contribution < 1.29 is 9.53 Å². The van der Waals surface area contributed by atoms with Gasteiger partial charge in [-0.25, -0.2) is 4.98 Å². The summed E-state index contributed by atoms with van der Waals surface area (Å²) in [5.74, 6) is 1.47. The van der Waals surface area contributed by atoms with Gasteiger partial charge in [-0.2, -0.15) is 0 Å². The van der Waals surface area contributed by atoms with Crippen LogP contribution >= 0.6 is 11.3 Å². The van der Waals surface area contributed by atoms with Crippen LogP contribution in [0.3, 0.4) is 0 Å². The molecule has 9 heteroatoms. The summed E-state index contributed by atoms with van der Waals surface area (Å²) in [7, 11) is 1.61. The van der Waals surface area contributed by atoms with Crippen molar-refractivity contribution in [2.75, 3.05) is 32.1 Å². The number of imidazole rings is 1. The van der Waals surface area contributed by atoms with Crippen molar-refractivity contribution in [1.82, 2.24) is 25.1 Å². The molecule has 1 aliphatic rings. The third-order valence-corrected chi connectivity index (χ3v) is 5.68. The predicted octanol–water partition coefficient (Wildman–Crippen LogP) is 2.45. The number of ether oxygens (including phenoxy) is 1. The largest absolute Gasteiger partial charge is 0.377 e. The lowest BCUT2D eigenvalue weighted by molar-refractivity contribution is -0.117. The molecule has 1 atom stereocenters. The fraction of sp³-hybridized carbons (Fsp3) is 0.474. The number of H-pyrrole nitrogens is 1. The number of carbonyl (C=O) groups excluding carboxylic acids is 1. The minimum absolute atomic E-state index is 0.0514. The SMILES string of the molecule is COCc1nnc(NC(=O)CN2CCCC(Cc3nc4ccccc4[nH]3)C2)s1. The van der Waals surface area contributed by atoms with Crippen molar-refractivity contribution in [2.45, 2.75) is 25.9 Å². The molecule has 2 aromatic heterocycles. The molecule has 1 saturated heterocycles. The molecule has 1 aliphatic heterocycles. The van der Waals surface area contributed by atoms with E-state index in [9.17, 15) is 4.79 Å². The van der Waals surface area contributed by atoms with Crippen molar-refractivity contribution >= 4 is 33.4 Å². The van der Waals surface area contributed by atoms with Crippen molar-refractivity contribution in [3.63, 3.8) is 0 Å². The highest BCUT2D eigenvalue weighted by atomic mass is 32.1. The summed E-state index contributed by atoms with van der Waals surface area (Å²) >= 11 is 1.34. The van der Waals surface area contributed by atoms with Crippen LogP contribution in [0, 0.1) is 5.92 Å². The van der Waals surface area contributed by atoms with Gasteiger partial charge < -0.3 is 9.72 Å². The fourth-order valence-corrected chi connectivity index (χ4v) is 4.41. The Bertz CT molecular complexity index is 906. The van der Waals surface area contributed by atoms with Gasteiger partial charge in [-0.15, -0.1) is 10.2 Å². The van der Waals surface area contributed by atoms with Crippen LogP contribution in [0.25, 0.3) is 11.0 Å². The van der Waals surface area contributed by atoms with E-state index in [0.717, 1.165) is 54.2 Å². The fourth-order valence-electron chi connectivity index (χ4n) is 3.69. The van der Waals surface area contributed by atoms with Gasteiger partial charge in [0.15, 0.2) is 0 Å². The van der Waals surface area contributed by atoms with Crippen LogP contribution < -0.4 is 5.32 Å². The number of nitrogens with one attached hydrogen (secondary N) is 2. The van der Waals surface area contributed by atoms with Gasteiger partial charge in [0.25, 0.3) is 0 Å². The second-order valence-electron chi connectivity index (χ2n) is 7.13. The summed E-state index contributed by atoms with van der Waals surface area (Å²) in [6, 6.07) is 8.10. The van der Waals surface area contributed by atoms with E-state index in [2.05, 4.69) is 36.4 Å². The van der Waals surface area contributed by atoms with Gasteiger partial charge in [-0.3, -0.25) is 15.0 Å². The lowest BCUT2D eigenvalue weighted by Crippen LogP contribution is -2.41. The molecular weight excluding hydrogens is 376 g/mol. The zero-order valence-corrected chi connectivity index (χ0v) is 16.7. The maximum Gasteiger partial charge on any atom is 0.240 e. The number of aromatic amines is 1. The summed E-state index contributed by atoms with van der Waals surface area (Å²) in [6.45, 7) is 2.61. The van der Waals surface area contributed by atoms with Gasteiger partial charge in [0.1, 0.15) is 17.4 Å². The number of anilines is 1. The Kier molecular flexibility index (Phi) is 5.94. The molecule has 0 radical (unpaired) electrons. The molecular formula is C19H24N6O2S. The number of methoxy groups -OCH3 is 1. The molecule has 0 bridgehead atoms. The number of hydrogen-bond donors (Lipinski definition) is 2. The van der Waals surface area contributed by atoms with Crippen molar-refractivity contribution in [3.05, 3.63) is 35.1 Å². The highest BCUT2D eigenvalue weighted by Crippen LogP contribution is 2.22. The molecule has 1 amide bonds. The molecule has 148 valence electrons. The Hall–Kier alpha value is -2.36. The molecule has 0 aliphatic carbocycles. The van der Waals surface area contributed by atoms with Gasteiger partial charge in [0.05, 0.1) is 17.6 Å². The van der Waals surface area contributed by atoms with Crippen LogP contribution in [0.4, 0.5) is 5.13 Å². The zero-order chi connectivity index (χ0) is 19.3. The average molecular weight is 401 g/mol. The van der Waals surface area contributed by atoms with Crippen LogP contribution in [-0.4, -0.2) is 57.7 Å². The number of likely N-dealkylation sites (tertiary alicyclic amines) is 1. The van der Waals surface area contributed by atoms with Crippen LogP contribution in [0.5, 0.6) is 0 Å². The number of amides is 1. The van der Waals surface area contributed by atoms with E-state index in [1.54, 1.807) is 7.11 Å². The molecule has 2 N–H and O–H groups in total. The smallest absolute Gasteiger partial charge is 0.240 e. The quantitative estimate of drug-likeness (QED) is 0.632. The highest BCUT2D eigenvalue weighted by Gasteiger charge is 2.23. The van der Waals surface area contributed by atoms with Gasteiger partial charge in [-0.05, 0) is 37.4 Å². The van der Waals surface area contributed by atoms with Crippen LogP contribution in [0.15, 0.2) is 24.3 Å². The van der Waals surface area contributed by atoms with Gasteiger partial charge in [0, 0.05) is 20.1 Å². The molecule has 1 unspecified atom stereocenters. The van der Waals surface area contributed by atoms with Gasteiger partial charge in [0.2, 0.25) is 11.0 Å². The number of hydrogen-bond acceptors (Lipinski definition) is 7. The number of para-hydroxylation sites is 2. The predicted molar refractivity (Wildman–Crippen MR) is 108 cm³/mol. The zero-order valence-electron chi connectivity index (χ0n) is 15.9. The Morgan fingerprint density at radius 1 is 1.39 bits per heavy atom. The number of benzene rings is 1. The Labute approximate surface area is 167 Å². The number of nitrogens with zero attached hydrogens (tertiary/aromatic N) is 4. The number of aromatic nitrogens is 4. The van der Waals surface area contributed by atoms with Crippen molar-refractivity contribution in [1.29, 1.82) is 0 Å². The topological polar surface area (TPSA) is 96.0 Å². The van der Waals surface area contributed by atoms with Gasteiger partial charge in [-0.1, -0.05) is 23.5 Å². The first-order chi connectivity index (χ1) is 13.7. The van der Waals surface area contributed by atoms with E-state index in [4.69, 9.17) is 4.74 Å². The number of piperidine rings is 1. The number of carbonyl (C=O) groups is 1. The molecule has 8 nitrogen and oxygen atoms in total. The third-order valence-electron chi connectivity index (χ3n) is 4.87. The molecule has 1 fully saturated rings. The van der Waals surface area contributed by atoms with E-state index in [0.29, 0.717) is 24.2 Å². The van der Waals surface area contributed by atoms with E-state index in [1.165, 1.54) is 11.3 Å². The first-order valence-electron chi connectivity index (χ1n) is 9.47. The van der Waals surface area contributed by atoms with Gasteiger partial charge >= 0.3 is 0 Å². The van der Waals surface area contributed by atoms with E-state index in [1.807, 2.05) is 18.2 Å². The lowest BCUT2D eigenvalue weighted by atomic mass is 9.94. The standard InChI is InChI=1S/C19H24N6O2S/c1-27-12-18-23-24-19(28-18)22-17(26)11-25-8-4-5-13(10-25)9-16-20-14-6-2-3-7-15(14)21-16/h2-3,6-7,13H,4-5,8-12H2,1H3,(H,20,21)(H,22,24,26). The number of fused-ring (bicyclic) bond motifs is 1. The van der Waals surface area contributed by atoms with E-state index in [-0.39, 0.29) is 5.91 Å². The Balaban J connectivity index is 1.29. The van der Waals surface area contributed by atoms with Crippen molar-refractivity contribution in [3.8, 4) is 0 Å². The van der Waals surface area contributed by atoms with E-state index < -0.39 is 0 Å². The Morgan fingerprint density at radius 2 is 2.29 bits per heavy atom. The molecule has 1 aromatic carbocycles. The first-order valence-corrected chi connectivity index (χ1v) is 10.3. The normalized spacial score (nSPS) is 17.8. The molecule has 3 heterocycles. The number of rotatable bonds is 7. The first kappa shape index (κ1) is 19.0. The average Bonchev–Trinajstić information content (AvgIpc) is 3.28. The minimum Gasteiger partial charge on any atom is -0.377 e.